The first kappa shape index (κ1) is 30.6. The van der Waals surface area contributed by atoms with E-state index in [0.717, 1.165) is 27.4 Å². The maximum absolute atomic E-state index is 6.06. The Kier molecular flexibility index (Phi) is 12.0. The van der Waals surface area contributed by atoms with Crippen LogP contribution in [-0.2, 0) is 11.9 Å². The minimum atomic E-state index is 0. The van der Waals surface area contributed by atoms with E-state index in [1.165, 1.54) is 38.5 Å². The van der Waals surface area contributed by atoms with Crippen molar-refractivity contribution in [3.63, 3.8) is 0 Å². The summed E-state index contributed by atoms with van der Waals surface area (Å²) >= 11 is 15.2. The van der Waals surface area contributed by atoms with Crippen molar-refractivity contribution >= 4 is 60.9 Å². The van der Waals surface area contributed by atoms with Gasteiger partial charge in [0.05, 0.1) is 0 Å². The van der Waals surface area contributed by atoms with Crippen molar-refractivity contribution in [1.82, 2.24) is 9.55 Å². The number of hydrogen-bond acceptors (Lipinski definition) is 0. The van der Waals surface area contributed by atoms with Crippen molar-refractivity contribution in [2.24, 2.45) is 0 Å². The van der Waals surface area contributed by atoms with E-state index >= 15 is 0 Å². The molecular weight excluding hydrogens is 586 g/mol. The van der Waals surface area contributed by atoms with E-state index in [1.807, 2.05) is 42.6 Å². The number of fused-ring (bicyclic) bond motifs is 2. The second-order valence-electron chi connectivity index (χ2n) is 8.96. The van der Waals surface area contributed by atoms with Gasteiger partial charge in [0.15, 0.2) is 0 Å². The molecule has 190 valence electrons. The van der Waals surface area contributed by atoms with Crippen LogP contribution in [0.4, 0.5) is 0 Å². The molecule has 6 rings (SSSR count). The molecule has 0 aliphatic heterocycles. The SMILES string of the molecule is Cc1ccc(CBr)cc1.Cc1ccc(Cn2ccc3ccc(Cl)cc32)cc1.Clc1ccc2cc[nH]c2c1.[H-].[Na+]. The van der Waals surface area contributed by atoms with Gasteiger partial charge in [0.2, 0.25) is 0 Å². The van der Waals surface area contributed by atoms with Gasteiger partial charge in [0, 0.05) is 45.3 Å². The van der Waals surface area contributed by atoms with Crippen LogP contribution in [0.2, 0.25) is 10.0 Å². The molecule has 0 saturated heterocycles. The standard InChI is InChI=1S/C16H14ClN.C8H9Br.C8H6ClN.Na.H/c1-12-2-4-13(5-3-12)11-18-9-8-14-6-7-15(17)10-16(14)18;1-7-2-4-8(6-9)5-3-7;9-7-2-1-6-3-4-10-8(6)5-7;;/h2-10H,11H2,1H3;2-5H,6H2,1H3;1-5,10H;;/q;;;+1;-1. The fourth-order valence-electron chi connectivity index (χ4n) is 3.88. The van der Waals surface area contributed by atoms with Crippen molar-refractivity contribution in [3.05, 3.63) is 142 Å². The van der Waals surface area contributed by atoms with Crippen molar-refractivity contribution in [1.29, 1.82) is 0 Å². The number of H-pyrrole nitrogens is 1. The van der Waals surface area contributed by atoms with Crippen LogP contribution in [-0.4, -0.2) is 9.55 Å². The summed E-state index contributed by atoms with van der Waals surface area (Å²) in [6.07, 6.45) is 4.02. The van der Waals surface area contributed by atoms with E-state index in [-0.39, 0.29) is 31.0 Å². The van der Waals surface area contributed by atoms with Crippen LogP contribution in [0.15, 0.2) is 109 Å². The molecule has 38 heavy (non-hydrogen) atoms. The molecule has 2 aromatic heterocycles. The van der Waals surface area contributed by atoms with E-state index in [1.54, 1.807) is 0 Å². The summed E-state index contributed by atoms with van der Waals surface area (Å²) in [6, 6.07) is 33.1. The Morgan fingerprint density at radius 2 is 1.29 bits per heavy atom. The van der Waals surface area contributed by atoms with Crippen LogP contribution in [0.3, 0.4) is 0 Å². The first-order chi connectivity index (χ1) is 17.9. The van der Waals surface area contributed by atoms with Gasteiger partial charge in [0.25, 0.3) is 0 Å². The van der Waals surface area contributed by atoms with Gasteiger partial charge in [-0.3, -0.25) is 0 Å². The predicted octanol–water partition coefficient (Wildman–Crippen LogP) is 7.48. The molecule has 0 saturated carbocycles. The number of benzene rings is 4. The van der Waals surface area contributed by atoms with E-state index in [4.69, 9.17) is 23.2 Å². The summed E-state index contributed by atoms with van der Waals surface area (Å²) < 4.78 is 2.23. The number of halogens is 3. The number of rotatable bonds is 3. The van der Waals surface area contributed by atoms with Crippen LogP contribution in [0.1, 0.15) is 23.7 Å². The topological polar surface area (TPSA) is 20.7 Å². The summed E-state index contributed by atoms with van der Waals surface area (Å²) in [7, 11) is 0. The largest absolute Gasteiger partial charge is 1.00 e. The summed E-state index contributed by atoms with van der Waals surface area (Å²) in [5.74, 6) is 0. The first-order valence-corrected chi connectivity index (χ1v) is 13.9. The normalized spacial score (nSPS) is 10.2. The molecule has 0 atom stereocenters. The molecule has 0 bridgehead atoms. The molecule has 0 aliphatic rings. The third kappa shape index (κ3) is 8.77. The molecule has 4 aromatic carbocycles. The van der Waals surface area contributed by atoms with E-state index in [2.05, 4.69) is 106 Å². The number of aromatic nitrogens is 2. The van der Waals surface area contributed by atoms with Gasteiger partial charge < -0.3 is 11.0 Å². The molecule has 0 amide bonds. The van der Waals surface area contributed by atoms with Gasteiger partial charge in [0.1, 0.15) is 0 Å². The van der Waals surface area contributed by atoms with Gasteiger partial charge in [-0.2, -0.15) is 0 Å². The van der Waals surface area contributed by atoms with Crippen LogP contribution >= 0.6 is 39.1 Å². The smallest absolute Gasteiger partial charge is 1.00 e. The zero-order chi connectivity index (χ0) is 26.2. The Bertz CT molecular complexity index is 1580. The van der Waals surface area contributed by atoms with Crippen molar-refractivity contribution in [2.75, 3.05) is 0 Å². The van der Waals surface area contributed by atoms with Gasteiger partial charge in [-0.1, -0.05) is 111 Å². The second-order valence-corrected chi connectivity index (χ2v) is 10.4. The number of nitrogens with one attached hydrogen (secondary N) is 1. The molecule has 0 spiro atoms. The molecular formula is C32H30BrCl2N2Na. The maximum atomic E-state index is 6.06. The minimum absolute atomic E-state index is 0. The van der Waals surface area contributed by atoms with E-state index in [0.29, 0.717) is 0 Å². The maximum Gasteiger partial charge on any atom is 1.00 e. The third-order valence-electron chi connectivity index (χ3n) is 6.00. The summed E-state index contributed by atoms with van der Waals surface area (Å²) in [5, 5.41) is 4.94. The molecule has 0 unspecified atom stereocenters. The molecule has 2 heterocycles. The number of alkyl halides is 1. The predicted molar refractivity (Wildman–Crippen MR) is 165 cm³/mol. The number of aromatic amines is 1. The molecule has 2 nitrogen and oxygen atoms in total. The van der Waals surface area contributed by atoms with E-state index in [9.17, 15) is 0 Å². The summed E-state index contributed by atoms with van der Waals surface area (Å²) in [5.41, 5.74) is 7.52. The third-order valence-corrected chi connectivity index (χ3v) is 7.12. The van der Waals surface area contributed by atoms with E-state index < -0.39 is 0 Å². The second kappa shape index (κ2) is 15.0. The van der Waals surface area contributed by atoms with Crippen molar-refractivity contribution < 1.29 is 31.0 Å². The first-order valence-electron chi connectivity index (χ1n) is 12.1. The number of aryl methyl sites for hydroxylation is 2. The van der Waals surface area contributed by atoms with Gasteiger partial charge >= 0.3 is 29.6 Å². The quantitative estimate of drug-likeness (QED) is 0.157. The van der Waals surface area contributed by atoms with Gasteiger partial charge in [-0.15, -0.1) is 0 Å². The van der Waals surface area contributed by atoms with Crippen LogP contribution in [0.5, 0.6) is 0 Å². The average molecular weight is 616 g/mol. The zero-order valence-corrected chi connectivity index (χ0v) is 27.0. The summed E-state index contributed by atoms with van der Waals surface area (Å²) in [6.45, 7) is 5.08. The summed E-state index contributed by atoms with van der Waals surface area (Å²) in [4.78, 5) is 3.08. The fourth-order valence-corrected chi connectivity index (χ4v) is 4.59. The van der Waals surface area contributed by atoms with Gasteiger partial charge in [-0.25, -0.2) is 0 Å². The van der Waals surface area contributed by atoms with Crippen molar-refractivity contribution in [3.8, 4) is 0 Å². The molecule has 0 fully saturated rings. The monoisotopic (exact) mass is 614 g/mol. The fraction of sp³-hybridized carbons (Fsp3) is 0.125. The number of nitrogens with zero attached hydrogens (tertiary/aromatic N) is 1. The Hall–Kier alpha value is -1.98. The minimum Gasteiger partial charge on any atom is -1.00 e. The Balaban J connectivity index is 0.000000218. The zero-order valence-electron chi connectivity index (χ0n) is 22.9. The van der Waals surface area contributed by atoms with Gasteiger partial charge in [-0.05, 0) is 72.1 Å². The Labute approximate surface area is 266 Å². The number of hydrogen-bond donors (Lipinski definition) is 1. The molecule has 0 radical (unpaired) electrons. The van der Waals surface area contributed by atoms with Crippen LogP contribution in [0, 0.1) is 13.8 Å². The molecule has 6 heteroatoms. The van der Waals surface area contributed by atoms with Crippen LogP contribution in [0.25, 0.3) is 21.8 Å². The molecule has 1 N–H and O–H groups in total. The Morgan fingerprint density at radius 1 is 0.711 bits per heavy atom. The molecule has 6 aromatic rings. The van der Waals surface area contributed by atoms with Crippen molar-refractivity contribution in [2.45, 2.75) is 25.7 Å². The van der Waals surface area contributed by atoms with Crippen LogP contribution < -0.4 is 29.6 Å². The average Bonchev–Trinajstić information content (AvgIpc) is 3.53. The molecule has 0 aliphatic carbocycles. The Morgan fingerprint density at radius 3 is 1.92 bits per heavy atom.